The molecule has 5 nitrogen and oxygen atoms in total. The Hall–Kier alpha value is -1.32. The average molecular weight is 464 g/mol. The smallest absolute Gasteiger partial charge is 0.369 e. The van der Waals surface area contributed by atoms with Gasteiger partial charge < -0.3 is 4.90 Å². The van der Waals surface area contributed by atoms with Crippen molar-refractivity contribution in [3.8, 4) is 0 Å². The van der Waals surface area contributed by atoms with E-state index in [4.69, 9.17) is 0 Å². The van der Waals surface area contributed by atoms with E-state index >= 15 is 0 Å². The minimum Gasteiger partial charge on any atom is -0.369 e. The molecule has 2 aliphatic rings. The van der Waals surface area contributed by atoms with Gasteiger partial charge in [-0.3, -0.25) is 9.80 Å². The van der Waals surface area contributed by atoms with Gasteiger partial charge in [0.2, 0.25) is 0 Å². The highest BCUT2D eigenvalue weighted by molar-refractivity contribution is 7.90. The Balaban J connectivity index is 0.00000107. The molecular formula is C22H36F3N3O2S. The Kier molecular flexibility index (Phi) is 9.21. The highest BCUT2D eigenvalue weighted by Gasteiger charge is 2.44. The van der Waals surface area contributed by atoms with Crippen molar-refractivity contribution in [2.24, 2.45) is 5.92 Å². The van der Waals surface area contributed by atoms with Crippen molar-refractivity contribution in [1.29, 1.82) is 0 Å². The predicted molar refractivity (Wildman–Crippen MR) is 119 cm³/mol. The molecule has 178 valence electrons. The van der Waals surface area contributed by atoms with Gasteiger partial charge >= 0.3 is 6.18 Å². The molecule has 9 heteroatoms. The van der Waals surface area contributed by atoms with E-state index in [1.165, 1.54) is 17.6 Å². The minimum absolute atomic E-state index is 0.170. The van der Waals surface area contributed by atoms with Gasteiger partial charge in [0.15, 0.2) is 9.84 Å². The third-order valence-electron chi connectivity index (χ3n) is 5.80. The van der Waals surface area contributed by atoms with Crippen molar-refractivity contribution >= 4 is 15.5 Å². The molecule has 1 aromatic rings. The van der Waals surface area contributed by atoms with Crippen LogP contribution in [-0.2, 0) is 9.84 Å². The summed E-state index contributed by atoms with van der Waals surface area (Å²) in [6.07, 6.45) is -0.922. The average Bonchev–Trinajstić information content (AvgIpc) is 2.68. The number of piperazine rings is 1. The van der Waals surface area contributed by atoms with Crippen LogP contribution in [0.2, 0.25) is 0 Å². The lowest BCUT2D eigenvalue weighted by atomic mass is 9.92. The highest BCUT2D eigenvalue weighted by atomic mass is 32.2. The Labute approximate surface area is 185 Å². The molecule has 3 rings (SSSR count). The first-order chi connectivity index (χ1) is 14.5. The largest absolute Gasteiger partial charge is 0.404 e. The van der Waals surface area contributed by atoms with Gasteiger partial charge in [-0.25, -0.2) is 8.42 Å². The molecule has 1 aromatic carbocycles. The second-order valence-corrected chi connectivity index (χ2v) is 10.7. The van der Waals surface area contributed by atoms with Crippen LogP contribution in [0.25, 0.3) is 0 Å². The molecule has 2 unspecified atom stereocenters. The van der Waals surface area contributed by atoms with Gasteiger partial charge in [-0.1, -0.05) is 26.3 Å². The Morgan fingerprint density at radius 1 is 1.06 bits per heavy atom. The molecule has 2 saturated heterocycles. The number of hydrogen-bond donors (Lipinski definition) is 0. The summed E-state index contributed by atoms with van der Waals surface area (Å²) in [5.41, 5.74) is 0.896. The van der Waals surface area contributed by atoms with Crippen LogP contribution in [0.3, 0.4) is 0 Å². The highest BCUT2D eigenvalue weighted by Crippen LogP contribution is 2.33. The van der Waals surface area contributed by atoms with Crippen LogP contribution < -0.4 is 4.90 Å². The maximum atomic E-state index is 13.0. The normalized spacial score (nSPS) is 23.9. The zero-order valence-corrected chi connectivity index (χ0v) is 19.8. The second kappa shape index (κ2) is 11.0. The summed E-state index contributed by atoms with van der Waals surface area (Å²) in [6, 6.07) is 5.66. The number of rotatable bonds is 4. The summed E-state index contributed by atoms with van der Waals surface area (Å²) in [7, 11) is -1.67. The van der Waals surface area contributed by atoms with E-state index in [9.17, 15) is 21.6 Å². The summed E-state index contributed by atoms with van der Waals surface area (Å²) >= 11 is 0. The monoisotopic (exact) mass is 463 g/mol. The van der Waals surface area contributed by atoms with Crippen molar-refractivity contribution in [3.05, 3.63) is 24.3 Å². The molecule has 0 N–H and O–H groups in total. The molecular weight excluding hydrogens is 427 g/mol. The molecule has 31 heavy (non-hydrogen) atoms. The summed E-state index contributed by atoms with van der Waals surface area (Å²) in [6.45, 7) is 8.74. The van der Waals surface area contributed by atoms with Crippen molar-refractivity contribution in [1.82, 2.24) is 9.80 Å². The lowest BCUT2D eigenvalue weighted by Crippen LogP contribution is -2.53. The van der Waals surface area contributed by atoms with Gasteiger partial charge in [-0.2, -0.15) is 13.2 Å². The maximum absolute atomic E-state index is 13.0. The first kappa shape index (κ1) is 25.9. The van der Waals surface area contributed by atoms with Crippen LogP contribution in [0.15, 0.2) is 29.2 Å². The van der Waals surface area contributed by atoms with Crippen LogP contribution in [-0.4, -0.2) is 83.0 Å². The fourth-order valence-electron chi connectivity index (χ4n) is 4.27. The van der Waals surface area contributed by atoms with Gasteiger partial charge in [0.1, 0.15) is 6.04 Å². The predicted octanol–water partition coefficient (Wildman–Crippen LogP) is 3.90. The van der Waals surface area contributed by atoms with E-state index in [1.807, 2.05) is 6.07 Å². The minimum atomic E-state index is -4.15. The van der Waals surface area contributed by atoms with E-state index in [0.29, 0.717) is 17.9 Å². The number of benzene rings is 1. The fraction of sp³-hybridized carbons (Fsp3) is 0.727. The van der Waals surface area contributed by atoms with E-state index in [1.54, 1.807) is 25.2 Å². The first-order valence-electron chi connectivity index (χ1n) is 11.0. The summed E-state index contributed by atoms with van der Waals surface area (Å²) in [4.78, 5) is 6.24. The number of piperidine rings is 1. The van der Waals surface area contributed by atoms with Crippen molar-refractivity contribution in [2.75, 3.05) is 57.5 Å². The van der Waals surface area contributed by atoms with Gasteiger partial charge in [-0.05, 0) is 44.0 Å². The van der Waals surface area contributed by atoms with Gasteiger partial charge in [0, 0.05) is 51.2 Å². The third-order valence-corrected chi connectivity index (χ3v) is 6.91. The molecule has 0 spiro atoms. The van der Waals surface area contributed by atoms with Crippen molar-refractivity contribution in [2.45, 2.75) is 50.2 Å². The molecule has 0 saturated carbocycles. The molecule has 2 fully saturated rings. The number of nitrogens with zero attached hydrogens (tertiary/aromatic N) is 3. The molecule has 0 aliphatic carbocycles. The second-order valence-electron chi connectivity index (χ2n) is 8.70. The lowest BCUT2D eigenvalue weighted by Gasteiger charge is -2.42. The molecule has 2 aliphatic heterocycles. The van der Waals surface area contributed by atoms with Gasteiger partial charge in [-0.15, -0.1) is 0 Å². The summed E-state index contributed by atoms with van der Waals surface area (Å²) in [5.74, 6) is 0.253. The van der Waals surface area contributed by atoms with E-state index in [2.05, 4.69) is 23.6 Å². The Bertz CT molecular complexity index is 793. The van der Waals surface area contributed by atoms with Crippen LogP contribution in [0.5, 0.6) is 0 Å². The van der Waals surface area contributed by atoms with Crippen molar-refractivity contribution < 1.29 is 21.6 Å². The number of likely N-dealkylation sites (tertiary alicyclic amines) is 1. The number of sulfone groups is 1. The number of halogens is 3. The Morgan fingerprint density at radius 2 is 1.68 bits per heavy atom. The third kappa shape index (κ3) is 7.64. The summed E-state index contributed by atoms with van der Waals surface area (Å²) < 4.78 is 62.5. The van der Waals surface area contributed by atoms with Crippen LogP contribution in [0.1, 0.15) is 33.1 Å². The molecule has 0 amide bonds. The quantitative estimate of drug-likeness (QED) is 0.678. The zero-order chi connectivity index (χ0) is 23.2. The molecule has 0 bridgehead atoms. The molecule has 2 heterocycles. The molecule has 2 atom stereocenters. The van der Waals surface area contributed by atoms with Gasteiger partial charge in [0.05, 0.1) is 4.90 Å². The van der Waals surface area contributed by atoms with Gasteiger partial charge in [0.25, 0.3) is 0 Å². The number of alkyl halides is 3. The summed E-state index contributed by atoms with van der Waals surface area (Å²) in [5, 5.41) is 0. The van der Waals surface area contributed by atoms with Crippen LogP contribution in [0.4, 0.5) is 18.9 Å². The number of anilines is 1. The SMILES string of the molecule is CCC.CN1CC(CN2CCN(c3cccc(S(C)(=O)=O)c3)CC2)CCC1C(F)(F)F. The van der Waals surface area contributed by atoms with Crippen LogP contribution >= 0.6 is 0 Å². The standard InChI is InChI=1S/C19H28F3N3O2S.C3H8/c1-23-13-15(6-7-18(23)19(20,21)22)14-24-8-10-25(11-9-24)16-4-3-5-17(12-16)28(2,26)27;1-3-2/h3-5,12,15,18H,6-11,13-14H2,1-2H3;3H2,1-2H3. The Morgan fingerprint density at radius 3 is 2.19 bits per heavy atom. The lowest BCUT2D eigenvalue weighted by molar-refractivity contribution is -0.190. The van der Waals surface area contributed by atoms with Crippen LogP contribution in [0, 0.1) is 5.92 Å². The van der Waals surface area contributed by atoms with Crippen molar-refractivity contribution in [3.63, 3.8) is 0 Å². The molecule has 0 radical (unpaired) electrons. The zero-order valence-electron chi connectivity index (χ0n) is 19.0. The topological polar surface area (TPSA) is 43.9 Å². The maximum Gasteiger partial charge on any atom is 0.404 e. The van der Waals surface area contributed by atoms with E-state index in [0.717, 1.165) is 38.4 Å². The fourth-order valence-corrected chi connectivity index (χ4v) is 4.93. The van der Waals surface area contributed by atoms with E-state index < -0.39 is 22.1 Å². The first-order valence-corrected chi connectivity index (χ1v) is 12.9. The molecule has 0 aromatic heterocycles. The van der Waals surface area contributed by atoms with E-state index in [-0.39, 0.29) is 12.3 Å². The number of hydrogen-bond acceptors (Lipinski definition) is 5.